The maximum Gasteiger partial charge on any atom is 0.306 e. The fourth-order valence-corrected chi connectivity index (χ4v) is 0.808. The lowest BCUT2D eigenvalue weighted by molar-refractivity contribution is -0.155. The van der Waals surface area contributed by atoms with E-state index in [0.717, 1.165) is 0 Å². The molecule has 0 saturated carbocycles. The minimum Gasteiger partial charge on any atom is -0.460 e. The number of halogens is 3. The van der Waals surface area contributed by atoms with Gasteiger partial charge in [-0.1, -0.05) is 0 Å². The third-order valence-electron chi connectivity index (χ3n) is 1.44. The summed E-state index contributed by atoms with van der Waals surface area (Å²) in [4.78, 5) is 21.7. The zero-order chi connectivity index (χ0) is 11.4. The van der Waals surface area contributed by atoms with Gasteiger partial charge in [-0.25, -0.2) is 0 Å². The molecule has 1 amide bonds. The van der Waals surface area contributed by atoms with E-state index >= 15 is 0 Å². The van der Waals surface area contributed by atoms with Gasteiger partial charge in [0.05, 0.1) is 6.04 Å². The second kappa shape index (κ2) is 10.9. The monoisotopic (exact) mass is 310 g/mol. The summed E-state index contributed by atoms with van der Waals surface area (Å²) in [7, 11) is 0. The molecule has 0 bridgehead atoms. The molecule has 1 atom stereocenters. The van der Waals surface area contributed by atoms with Crippen LogP contribution in [0.15, 0.2) is 0 Å². The molecule has 8 heteroatoms. The summed E-state index contributed by atoms with van der Waals surface area (Å²) in [5.74, 6) is -0.970. The first-order valence-corrected chi connectivity index (χ1v) is 4.49. The fourth-order valence-electron chi connectivity index (χ4n) is 0.808. The molecule has 0 unspecified atom stereocenters. The van der Waals surface area contributed by atoms with Crippen LogP contribution < -0.4 is 11.5 Å². The molecule has 0 aromatic heterocycles. The van der Waals surface area contributed by atoms with Crippen molar-refractivity contribution in [2.75, 3.05) is 0 Å². The molecule has 0 aliphatic heterocycles. The van der Waals surface area contributed by atoms with Gasteiger partial charge in [-0.15, -0.1) is 37.2 Å². The van der Waals surface area contributed by atoms with E-state index in [1.165, 1.54) is 0 Å². The van der Waals surface area contributed by atoms with E-state index in [2.05, 4.69) is 0 Å². The Labute approximate surface area is 120 Å². The molecule has 0 aliphatic rings. The summed E-state index contributed by atoms with van der Waals surface area (Å²) in [6, 6.07) is -0.775. The largest absolute Gasteiger partial charge is 0.460 e. The molecular formula is C9H21Cl3N2O3. The molecule has 0 aromatic rings. The van der Waals surface area contributed by atoms with Gasteiger partial charge in [0.25, 0.3) is 0 Å². The minimum absolute atomic E-state index is 0. The predicted molar refractivity (Wildman–Crippen MR) is 74.0 cm³/mol. The highest BCUT2D eigenvalue weighted by molar-refractivity contribution is 5.86. The van der Waals surface area contributed by atoms with Crippen molar-refractivity contribution in [3.05, 3.63) is 0 Å². The van der Waals surface area contributed by atoms with E-state index in [0.29, 0.717) is 0 Å². The van der Waals surface area contributed by atoms with E-state index in [-0.39, 0.29) is 56.0 Å². The van der Waals surface area contributed by atoms with Crippen LogP contribution in [-0.4, -0.2) is 23.5 Å². The topological polar surface area (TPSA) is 95.4 Å². The standard InChI is InChI=1S/C9H18N2O3.3ClH/c1-9(2,3)14-7(12)5-4-6(10)8(11)13;;;/h6H,4-5,10H2,1-3H3,(H2,11,13);3*1H/t6-;;;/m0.../s1. The van der Waals surface area contributed by atoms with Gasteiger partial charge in [0.1, 0.15) is 5.60 Å². The number of hydrogen-bond acceptors (Lipinski definition) is 4. The molecule has 0 fully saturated rings. The molecule has 0 aromatic carbocycles. The Balaban J connectivity index is -0.000000282. The van der Waals surface area contributed by atoms with Gasteiger partial charge in [-0.3, -0.25) is 9.59 Å². The first-order valence-electron chi connectivity index (χ1n) is 4.49. The van der Waals surface area contributed by atoms with Crippen LogP contribution in [0.5, 0.6) is 0 Å². The Morgan fingerprint density at radius 1 is 1.18 bits per heavy atom. The summed E-state index contributed by atoms with van der Waals surface area (Å²) in [5.41, 5.74) is 9.77. The first-order chi connectivity index (χ1) is 6.22. The molecule has 106 valence electrons. The Hall–Kier alpha value is -0.230. The minimum atomic E-state index is -0.775. The Morgan fingerprint density at radius 2 is 1.59 bits per heavy atom. The molecule has 0 aliphatic carbocycles. The van der Waals surface area contributed by atoms with Crippen molar-refractivity contribution in [3.63, 3.8) is 0 Å². The predicted octanol–water partition coefficient (Wildman–Crippen LogP) is 1.19. The van der Waals surface area contributed by atoms with Gasteiger partial charge in [-0.2, -0.15) is 0 Å². The number of esters is 1. The highest BCUT2D eigenvalue weighted by Gasteiger charge is 2.18. The Kier molecular flexibility index (Phi) is 16.4. The van der Waals surface area contributed by atoms with Crippen molar-refractivity contribution < 1.29 is 14.3 Å². The van der Waals surface area contributed by atoms with E-state index in [1.807, 2.05) is 0 Å². The summed E-state index contributed by atoms with van der Waals surface area (Å²) >= 11 is 0. The lowest BCUT2D eigenvalue weighted by Gasteiger charge is -2.19. The third-order valence-corrected chi connectivity index (χ3v) is 1.44. The van der Waals surface area contributed by atoms with Crippen LogP contribution in [0.2, 0.25) is 0 Å². The molecule has 0 rings (SSSR count). The van der Waals surface area contributed by atoms with Crippen LogP contribution in [0.4, 0.5) is 0 Å². The van der Waals surface area contributed by atoms with Crippen LogP contribution in [0.25, 0.3) is 0 Å². The van der Waals surface area contributed by atoms with Crippen LogP contribution in [-0.2, 0) is 14.3 Å². The summed E-state index contributed by atoms with van der Waals surface area (Å²) in [5, 5.41) is 0. The van der Waals surface area contributed by atoms with Gasteiger partial charge >= 0.3 is 5.97 Å². The molecule has 0 radical (unpaired) electrons. The third kappa shape index (κ3) is 15.8. The normalized spacial score (nSPS) is 11.1. The number of nitrogens with two attached hydrogens (primary N) is 2. The van der Waals surface area contributed by atoms with Crippen molar-refractivity contribution in [1.29, 1.82) is 0 Å². The quantitative estimate of drug-likeness (QED) is 0.762. The Bertz CT molecular complexity index is 232. The van der Waals surface area contributed by atoms with Gasteiger partial charge in [0, 0.05) is 6.42 Å². The lowest BCUT2D eigenvalue weighted by Crippen LogP contribution is -2.37. The molecular weight excluding hydrogens is 290 g/mol. The number of carbonyl (C=O) groups excluding carboxylic acids is 2. The average Bonchev–Trinajstić information content (AvgIpc) is 1.96. The van der Waals surface area contributed by atoms with Crippen molar-refractivity contribution in [1.82, 2.24) is 0 Å². The van der Waals surface area contributed by atoms with Gasteiger partial charge in [0.15, 0.2) is 0 Å². The number of primary amides is 1. The zero-order valence-corrected chi connectivity index (χ0v) is 12.5. The first kappa shape index (κ1) is 25.6. The number of carbonyl (C=O) groups is 2. The zero-order valence-electron chi connectivity index (χ0n) is 10.1. The highest BCUT2D eigenvalue weighted by atomic mass is 35.5. The molecule has 4 N–H and O–H groups in total. The SMILES string of the molecule is CC(C)(C)OC(=O)CC[C@H](N)C(N)=O.Cl.Cl.Cl. The van der Waals surface area contributed by atoms with Crippen LogP contribution in [0, 0.1) is 0 Å². The summed E-state index contributed by atoms with van der Waals surface area (Å²) < 4.78 is 5.02. The van der Waals surface area contributed by atoms with Crippen LogP contribution in [0.1, 0.15) is 33.6 Å². The molecule has 0 saturated heterocycles. The molecule has 0 heterocycles. The maximum absolute atomic E-state index is 11.2. The van der Waals surface area contributed by atoms with E-state index in [1.54, 1.807) is 20.8 Å². The van der Waals surface area contributed by atoms with Gasteiger partial charge in [0.2, 0.25) is 5.91 Å². The van der Waals surface area contributed by atoms with Crippen molar-refractivity contribution in [2.24, 2.45) is 11.5 Å². The van der Waals surface area contributed by atoms with E-state index < -0.39 is 17.6 Å². The number of amides is 1. The van der Waals surface area contributed by atoms with Crippen molar-refractivity contribution >= 4 is 49.1 Å². The maximum atomic E-state index is 11.2. The van der Waals surface area contributed by atoms with Gasteiger partial charge in [-0.05, 0) is 27.2 Å². The molecule has 17 heavy (non-hydrogen) atoms. The summed E-state index contributed by atoms with van der Waals surface area (Å²) in [6.07, 6.45) is 0.339. The average molecular weight is 312 g/mol. The van der Waals surface area contributed by atoms with Gasteiger partial charge < -0.3 is 16.2 Å². The van der Waals surface area contributed by atoms with Crippen molar-refractivity contribution in [3.8, 4) is 0 Å². The van der Waals surface area contributed by atoms with E-state index in [4.69, 9.17) is 16.2 Å². The fraction of sp³-hybridized carbons (Fsp3) is 0.778. The molecule has 0 spiro atoms. The smallest absolute Gasteiger partial charge is 0.306 e. The highest BCUT2D eigenvalue weighted by Crippen LogP contribution is 2.09. The van der Waals surface area contributed by atoms with Crippen LogP contribution >= 0.6 is 37.2 Å². The number of hydrogen-bond donors (Lipinski definition) is 2. The van der Waals surface area contributed by atoms with E-state index in [9.17, 15) is 9.59 Å². The Morgan fingerprint density at radius 3 is 1.88 bits per heavy atom. The second-order valence-electron chi connectivity index (χ2n) is 4.13. The van der Waals surface area contributed by atoms with Crippen LogP contribution in [0.3, 0.4) is 0 Å². The lowest BCUT2D eigenvalue weighted by atomic mass is 10.1. The second-order valence-corrected chi connectivity index (χ2v) is 4.13. The summed E-state index contributed by atoms with van der Waals surface area (Å²) in [6.45, 7) is 5.33. The number of ether oxygens (including phenoxy) is 1. The molecule has 5 nitrogen and oxygen atoms in total. The number of rotatable bonds is 4. The van der Waals surface area contributed by atoms with Crippen molar-refractivity contribution in [2.45, 2.75) is 45.3 Å².